The van der Waals surface area contributed by atoms with Crippen molar-refractivity contribution in [1.82, 2.24) is 0 Å². The van der Waals surface area contributed by atoms with E-state index in [0.29, 0.717) is 11.1 Å². The number of benzene rings is 1. The normalized spacial score (nSPS) is 10.5. The average molecular weight is 215 g/mol. The Hall–Kier alpha value is -1.65. The number of aryl methyl sites for hydroxylation is 2. The van der Waals surface area contributed by atoms with Crippen molar-refractivity contribution in [3.05, 3.63) is 23.3 Å². The van der Waals surface area contributed by atoms with Crippen LogP contribution in [-0.2, 0) is 4.79 Å². The molecule has 0 fully saturated rings. The minimum atomic E-state index is -3.04. The molecule has 0 aliphatic carbocycles. The molecule has 1 amide bonds. The van der Waals surface area contributed by atoms with Crippen LogP contribution in [0, 0.1) is 13.8 Å². The first kappa shape index (κ1) is 11.4. The van der Waals surface area contributed by atoms with Gasteiger partial charge in [-0.1, -0.05) is 0 Å². The third-order valence-electron chi connectivity index (χ3n) is 2.00. The zero-order valence-corrected chi connectivity index (χ0v) is 8.34. The molecule has 0 unspecified atom stereocenters. The zero-order chi connectivity index (χ0) is 11.6. The first-order valence-corrected chi connectivity index (χ1v) is 4.31. The fraction of sp³-hybridized carbons (Fsp3) is 0.300. The number of aromatic hydroxyl groups is 1. The molecule has 0 aliphatic rings. The van der Waals surface area contributed by atoms with E-state index in [-0.39, 0.29) is 11.4 Å². The molecule has 0 aromatic heterocycles. The monoisotopic (exact) mass is 215 g/mol. The number of carbonyl (C=O) groups excluding carboxylic acids is 1. The van der Waals surface area contributed by atoms with Crippen LogP contribution in [0.25, 0.3) is 0 Å². The lowest BCUT2D eigenvalue weighted by atomic mass is 10.1. The van der Waals surface area contributed by atoms with Crippen molar-refractivity contribution in [2.45, 2.75) is 20.3 Å². The highest BCUT2D eigenvalue weighted by Gasteiger charge is 2.16. The van der Waals surface area contributed by atoms with E-state index >= 15 is 0 Å². The van der Waals surface area contributed by atoms with Gasteiger partial charge < -0.3 is 10.4 Å². The fourth-order valence-electron chi connectivity index (χ4n) is 1.12. The van der Waals surface area contributed by atoms with E-state index in [1.54, 1.807) is 13.8 Å². The third kappa shape index (κ3) is 2.65. The molecule has 2 N–H and O–H groups in total. The van der Waals surface area contributed by atoms with E-state index in [2.05, 4.69) is 5.32 Å². The summed E-state index contributed by atoms with van der Waals surface area (Å²) in [6.07, 6.45) is -3.04. The first-order chi connectivity index (χ1) is 6.91. The van der Waals surface area contributed by atoms with Crippen molar-refractivity contribution >= 4 is 11.6 Å². The standard InChI is InChI=1S/C10H11F2NO2/c1-5-4-8(14)6(2)3-7(5)13-10(15)9(11)12/h3-4,9,14H,1-2H3,(H,13,15). The summed E-state index contributed by atoms with van der Waals surface area (Å²) in [5.74, 6) is -1.27. The number of phenols is 1. The Morgan fingerprint density at radius 2 is 1.93 bits per heavy atom. The highest BCUT2D eigenvalue weighted by Crippen LogP contribution is 2.25. The Kier molecular flexibility index (Phi) is 3.24. The largest absolute Gasteiger partial charge is 0.508 e. The number of alkyl halides is 2. The van der Waals surface area contributed by atoms with Gasteiger partial charge in [0, 0.05) is 5.69 Å². The van der Waals surface area contributed by atoms with Crippen molar-refractivity contribution < 1.29 is 18.7 Å². The number of hydrogen-bond acceptors (Lipinski definition) is 2. The molecule has 0 atom stereocenters. The van der Waals surface area contributed by atoms with E-state index in [0.717, 1.165) is 0 Å². The van der Waals surface area contributed by atoms with Gasteiger partial charge in [0.15, 0.2) is 0 Å². The van der Waals surface area contributed by atoms with E-state index < -0.39 is 12.3 Å². The summed E-state index contributed by atoms with van der Waals surface area (Å²) in [5.41, 5.74) is 1.34. The molecule has 3 nitrogen and oxygen atoms in total. The van der Waals surface area contributed by atoms with Crippen molar-refractivity contribution in [2.24, 2.45) is 0 Å². The molecule has 5 heteroatoms. The molecule has 82 valence electrons. The number of hydrogen-bond donors (Lipinski definition) is 2. The quantitative estimate of drug-likeness (QED) is 0.743. The maximum Gasteiger partial charge on any atom is 0.315 e. The molecular formula is C10H11F2NO2. The predicted molar refractivity (Wildman–Crippen MR) is 52.2 cm³/mol. The predicted octanol–water partition coefficient (Wildman–Crippen LogP) is 2.21. The molecule has 1 rings (SSSR count). The Morgan fingerprint density at radius 3 is 2.47 bits per heavy atom. The summed E-state index contributed by atoms with van der Waals surface area (Å²) < 4.78 is 23.9. The molecule has 0 heterocycles. The van der Waals surface area contributed by atoms with Crippen LogP contribution in [0.5, 0.6) is 5.75 Å². The molecule has 1 aromatic carbocycles. The van der Waals surface area contributed by atoms with Crippen molar-refractivity contribution in [2.75, 3.05) is 5.32 Å². The zero-order valence-electron chi connectivity index (χ0n) is 8.34. The molecule has 0 aliphatic heterocycles. The Labute approximate surface area is 85.7 Å². The number of carbonyl (C=O) groups is 1. The molecule has 0 spiro atoms. The minimum Gasteiger partial charge on any atom is -0.508 e. The van der Waals surface area contributed by atoms with E-state index in [4.69, 9.17) is 0 Å². The van der Waals surface area contributed by atoms with Crippen molar-refractivity contribution in [3.8, 4) is 5.75 Å². The van der Waals surface area contributed by atoms with Crippen LogP contribution in [0.2, 0.25) is 0 Å². The lowest BCUT2D eigenvalue weighted by molar-refractivity contribution is -0.126. The molecule has 1 aromatic rings. The lowest BCUT2D eigenvalue weighted by Gasteiger charge is -2.09. The van der Waals surface area contributed by atoms with Crippen LogP contribution in [-0.4, -0.2) is 17.4 Å². The van der Waals surface area contributed by atoms with Crippen LogP contribution in [0.3, 0.4) is 0 Å². The second kappa shape index (κ2) is 4.25. The number of amides is 1. The molecule has 0 bridgehead atoms. The number of rotatable bonds is 2. The van der Waals surface area contributed by atoms with Gasteiger partial charge in [0.1, 0.15) is 5.75 Å². The van der Waals surface area contributed by atoms with Crippen molar-refractivity contribution in [1.29, 1.82) is 0 Å². The van der Waals surface area contributed by atoms with Gasteiger partial charge in [0.05, 0.1) is 0 Å². The summed E-state index contributed by atoms with van der Waals surface area (Å²) in [6.45, 7) is 3.23. The number of halogens is 2. The third-order valence-corrected chi connectivity index (χ3v) is 2.00. The molecule has 15 heavy (non-hydrogen) atoms. The van der Waals surface area contributed by atoms with Gasteiger partial charge in [0.25, 0.3) is 5.91 Å². The summed E-state index contributed by atoms with van der Waals surface area (Å²) in [4.78, 5) is 10.7. The Morgan fingerprint density at radius 1 is 1.33 bits per heavy atom. The van der Waals surface area contributed by atoms with Gasteiger partial charge >= 0.3 is 6.43 Å². The van der Waals surface area contributed by atoms with Crippen LogP contribution in [0.1, 0.15) is 11.1 Å². The van der Waals surface area contributed by atoms with E-state index in [9.17, 15) is 18.7 Å². The highest BCUT2D eigenvalue weighted by molar-refractivity contribution is 5.93. The second-order valence-electron chi connectivity index (χ2n) is 3.24. The summed E-state index contributed by atoms with van der Waals surface area (Å²) in [5, 5.41) is 11.4. The summed E-state index contributed by atoms with van der Waals surface area (Å²) in [7, 11) is 0. The van der Waals surface area contributed by atoms with E-state index in [1.807, 2.05) is 0 Å². The van der Waals surface area contributed by atoms with Gasteiger partial charge in [-0.15, -0.1) is 0 Å². The smallest absolute Gasteiger partial charge is 0.315 e. The van der Waals surface area contributed by atoms with Gasteiger partial charge in [-0.2, -0.15) is 8.78 Å². The molecule has 0 saturated heterocycles. The second-order valence-corrected chi connectivity index (χ2v) is 3.24. The van der Waals surface area contributed by atoms with Crippen LogP contribution < -0.4 is 5.32 Å². The molecule has 0 radical (unpaired) electrons. The van der Waals surface area contributed by atoms with Crippen LogP contribution in [0.15, 0.2) is 12.1 Å². The Balaban J connectivity index is 2.96. The van der Waals surface area contributed by atoms with E-state index in [1.165, 1.54) is 12.1 Å². The summed E-state index contributed by atoms with van der Waals surface area (Å²) >= 11 is 0. The first-order valence-electron chi connectivity index (χ1n) is 4.31. The lowest BCUT2D eigenvalue weighted by Crippen LogP contribution is -2.20. The Bertz CT molecular complexity index is 391. The summed E-state index contributed by atoms with van der Waals surface area (Å²) in [6, 6.07) is 2.86. The fourth-order valence-corrected chi connectivity index (χ4v) is 1.12. The van der Waals surface area contributed by atoms with Gasteiger partial charge in [-0.3, -0.25) is 4.79 Å². The minimum absolute atomic E-state index is 0.0718. The number of nitrogens with one attached hydrogen (secondary N) is 1. The molecular weight excluding hydrogens is 204 g/mol. The topological polar surface area (TPSA) is 49.3 Å². The highest BCUT2D eigenvalue weighted by atomic mass is 19.3. The average Bonchev–Trinajstić information content (AvgIpc) is 2.13. The van der Waals surface area contributed by atoms with Gasteiger partial charge in [-0.05, 0) is 37.1 Å². The van der Waals surface area contributed by atoms with Crippen molar-refractivity contribution in [3.63, 3.8) is 0 Å². The van der Waals surface area contributed by atoms with Gasteiger partial charge in [0.2, 0.25) is 0 Å². The number of anilines is 1. The maximum absolute atomic E-state index is 12.0. The van der Waals surface area contributed by atoms with Crippen LogP contribution in [0.4, 0.5) is 14.5 Å². The van der Waals surface area contributed by atoms with Crippen LogP contribution >= 0.6 is 0 Å². The SMILES string of the molecule is Cc1cc(NC(=O)C(F)F)c(C)cc1O. The van der Waals surface area contributed by atoms with Gasteiger partial charge in [-0.25, -0.2) is 0 Å². The maximum atomic E-state index is 12.0. The number of phenolic OH excluding ortho intramolecular Hbond substituents is 1. The molecule has 0 saturated carbocycles.